The molecular formula is C100H139Cl2F11N8O10. The van der Waals surface area contributed by atoms with E-state index in [0.717, 1.165) is 175 Å². The summed E-state index contributed by atoms with van der Waals surface area (Å²) in [6, 6.07) is 22.8. The normalized spacial score (nSPS) is 19.4. The lowest BCUT2D eigenvalue weighted by molar-refractivity contribution is -0.162. The first-order valence-electron chi connectivity index (χ1n) is 47.4. The molecule has 0 bridgehead atoms. The molecule has 6 atom stereocenters. The molecular weight excluding hydrogens is 1750 g/mol. The summed E-state index contributed by atoms with van der Waals surface area (Å²) in [5, 5.41) is 9.39. The summed E-state index contributed by atoms with van der Waals surface area (Å²) < 4.78 is 153. The summed E-state index contributed by atoms with van der Waals surface area (Å²) in [5.41, 5.74) is 4.27. The maximum absolute atomic E-state index is 13.3. The number of carbonyl (C=O) groups excluding carboxylic acids is 7. The van der Waals surface area contributed by atoms with Crippen molar-refractivity contribution in [2.24, 2.45) is 11.8 Å². The Kier molecular flexibility index (Phi) is 46.3. The number of carbonyl (C=O) groups is 7. The Morgan fingerprint density at radius 3 is 1.38 bits per heavy atom. The number of benzene rings is 4. The summed E-state index contributed by atoms with van der Waals surface area (Å²) in [6.07, 6.45) is 17.8. The molecule has 7 amide bonds. The van der Waals surface area contributed by atoms with E-state index in [9.17, 15) is 81.9 Å². The first-order chi connectivity index (χ1) is 62.3. The fourth-order valence-corrected chi connectivity index (χ4v) is 16.8. The quantitative estimate of drug-likeness (QED) is 0.0292. The van der Waals surface area contributed by atoms with Crippen LogP contribution in [0.15, 0.2) is 97.2 Å². The monoisotopic (exact) mass is 1890 g/mol. The van der Waals surface area contributed by atoms with Crippen LogP contribution < -0.4 is 0 Å². The number of aliphatic hydroxyl groups is 1. The Morgan fingerprint density at radius 2 is 0.931 bits per heavy atom. The predicted octanol–water partition coefficient (Wildman–Crippen LogP) is 21.5. The number of alkyl halides is 6. The number of hydrogen-bond donors (Lipinski definition) is 1. The average molecular weight is 1890 g/mol. The van der Waals surface area contributed by atoms with Crippen molar-refractivity contribution in [2.75, 3.05) is 72.2 Å². The van der Waals surface area contributed by atoms with E-state index in [0.29, 0.717) is 135 Å². The zero-order valence-electron chi connectivity index (χ0n) is 78.1. The molecule has 3 heterocycles. The van der Waals surface area contributed by atoms with Crippen LogP contribution in [0.2, 0.25) is 10.2 Å². The van der Waals surface area contributed by atoms with E-state index in [4.69, 9.17) is 37.8 Å². The fraction of sp³-hybridized carbons (Fsp3) is 0.640. The molecule has 13 rings (SSSR count). The van der Waals surface area contributed by atoms with Crippen LogP contribution in [-0.2, 0) is 62.3 Å². The zero-order chi connectivity index (χ0) is 96.2. The Balaban J connectivity index is 0.000000210. The second-order valence-corrected chi connectivity index (χ2v) is 36.7. The van der Waals surface area contributed by atoms with E-state index < -0.39 is 65.9 Å². The second kappa shape index (κ2) is 55.1. The minimum Gasteiger partial charge on any atom is -0.396 e. The molecule has 2 aliphatic heterocycles. The van der Waals surface area contributed by atoms with Gasteiger partial charge < -0.3 is 48.9 Å². The van der Waals surface area contributed by atoms with Gasteiger partial charge >= 0.3 is 6.18 Å². The van der Waals surface area contributed by atoms with Gasteiger partial charge in [-0.05, 0) is 249 Å². The number of aliphatic hydroxyl groups excluding tert-OH is 1. The molecule has 6 unspecified atom stereocenters. The van der Waals surface area contributed by atoms with Gasteiger partial charge in [0.2, 0.25) is 41.4 Å². The Hall–Kier alpha value is -7.99. The number of pyridine rings is 1. The average Bonchev–Trinajstić information content (AvgIpc) is 1.61. The molecule has 1 aromatic heterocycles. The summed E-state index contributed by atoms with van der Waals surface area (Å²) in [6.45, 7) is 24.5. The molecule has 6 saturated carbocycles. The van der Waals surface area contributed by atoms with Crippen LogP contribution in [0.5, 0.6) is 0 Å². The number of amides is 7. The topological polar surface area (TPSA) is 194 Å². The van der Waals surface area contributed by atoms with Crippen LogP contribution in [0, 0.1) is 40.9 Å². The summed E-state index contributed by atoms with van der Waals surface area (Å²) in [7, 11) is 0. The number of aryl methyl sites for hydroxylation is 1. The molecule has 2 saturated heterocycles. The molecule has 6 aliphatic carbocycles. The van der Waals surface area contributed by atoms with E-state index in [1.54, 1.807) is 42.3 Å². The highest BCUT2D eigenvalue weighted by molar-refractivity contribution is 6.30. The molecule has 0 radical (unpaired) electrons. The molecule has 4 aromatic carbocycles. The standard InChI is InChI=1S/C20H21F2NO.C15H19F2NO.C14H17ClFNO.C14H19ClN2O.C14H24F3NO2.C13H21F2NO2.C10H18FNO2/c1-2-9-23(19-7-8-19)20(24)10-14-3-5-15(6-4-14)16-11-17(21)13-18(22)12-16;1-2-7-18(14-4-5-14)15(19)6-3-11-8-12(16)10-13(17)9-11;1-2-5-17(13-3-4-13)14(18)8-10-6-11(15)9-12(16)7-10;1-3-8-17(12-5-6-12)14(18)10(2)11-4-7-13(15)16-9-11;1-4-5-18(9-14(15,16)17)13(19)8-12-6-10(2)20-11(3)7-12;1-2-5-16(11-9-13(11,14)15)12(17)8-10-3-6-18-7-4-10;1-2-5-12(9-7-8(9)11)10(14)4-3-6-13/h3-6,11-13,19H,2,7-10H2,1H3;8-10,14H,2-7H2,1H3;6-7,9,13H,2-5,8H2,1H3;4,7,9-10,12H,3,5-6,8H2,1-2H3;10-12H,4-9H2,1-3H3;10-11H,2-9H2,1H3;8-9,13H,2-7H2,1H3. The molecule has 8 aliphatic rings. The van der Waals surface area contributed by atoms with E-state index >= 15 is 0 Å². The third-order valence-electron chi connectivity index (χ3n) is 23.7. The number of rotatable bonds is 38. The van der Waals surface area contributed by atoms with Crippen molar-refractivity contribution in [3.8, 4) is 11.1 Å². The van der Waals surface area contributed by atoms with Gasteiger partial charge in [-0.15, -0.1) is 0 Å². The van der Waals surface area contributed by atoms with Gasteiger partial charge in [-0.25, -0.2) is 40.1 Å². The lowest BCUT2D eigenvalue weighted by atomic mass is 9.89. The van der Waals surface area contributed by atoms with Gasteiger partial charge in [0, 0.05) is 152 Å². The zero-order valence-corrected chi connectivity index (χ0v) is 79.6. The number of hydrogen-bond acceptors (Lipinski definition) is 11. The largest absolute Gasteiger partial charge is 0.406 e. The Bertz CT molecular complexity index is 4280. The van der Waals surface area contributed by atoms with Crippen LogP contribution in [-0.4, -0.2) is 225 Å². The Morgan fingerprint density at radius 1 is 0.496 bits per heavy atom. The minimum absolute atomic E-state index is 0.0222. The van der Waals surface area contributed by atoms with Crippen molar-refractivity contribution in [1.82, 2.24) is 39.3 Å². The lowest BCUT2D eigenvalue weighted by Crippen LogP contribution is -2.41. The highest BCUT2D eigenvalue weighted by atomic mass is 35.5. The van der Waals surface area contributed by atoms with Crippen molar-refractivity contribution >= 4 is 64.6 Å². The molecule has 1 N–H and O–H groups in total. The number of halogens is 13. The summed E-state index contributed by atoms with van der Waals surface area (Å²) in [4.78, 5) is 101. The smallest absolute Gasteiger partial charge is 0.396 e. The SMILES string of the molecule is CCCN(C(=O)C(C)c1ccc(Cl)nc1)C1CC1.CCCN(C(=O)CC1CCOCC1)C1CC1(F)F.CCCN(C(=O)CCCO)C1CC1F.CCCN(C(=O)CCc1cc(F)cc(F)c1)C1CC1.CCCN(C(=O)Cc1cc(F)cc(Cl)c1)C1CC1.CCCN(C(=O)Cc1ccc(-c2cc(F)cc(F)c2)cc1)C1CC1.CCCN(CC(F)(F)F)C(=O)CC1CC(C)OC(C)C1. The highest BCUT2D eigenvalue weighted by Gasteiger charge is 2.61. The van der Waals surface area contributed by atoms with Gasteiger partial charge in [0.05, 0.1) is 37.0 Å². The molecule has 8 fully saturated rings. The predicted molar refractivity (Wildman–Crippen MR) is 488 cm³/mol. The third-order valence-corrected chi connectivity index (χ3v) is 24.1. The number of ether oxygens (including phenoxy) is 2. The van der Waals surface area contributed by atoms with Crippen molar-refractivity contribution in [3.05, 3.63) is 159 Å². The fourth-order valence-electron chi connectivity index (χ4n) is 16.5. The van der Waals surface area contributed by atoms with Gasteiger partial charge in [0.25, 0.3) is 5.92 Å². The maximum Gasteiger partial charge on any atom is 0.406 e. The third kappa shape index (κ3) is 39.8. The van der Waals surface area contributed by atoms with Crippen molar-refractivity contribution in [2.45, 2.75) is 328 Å². The van der Waals surface area contributed by atoms with Crippen LogP contribution in [0.3, 0.4) is 0 Å². The molecule has 131 heavy (non-hydrogen) atoms. The highest BCUT2D eigenvalue weighted by Crippen LogP contribution is 2.46. The molecule has 5 aromatic rings. The van der Waals surface area contributed by atoms with Crippen molar-refractivity contribution in [3.63, 3.8) is 0 Å². The van der Waals surface area contributed by atoms with Crippen LogP contribution in [0.4, 0.5) is 48.3 Å². The van der Waals surface area contributed by atoms with Gasteiger partial charge in [-0.2, -0.15) is 13.2 Å². The molecule has 730 valence electrons. The van der Waals surface area contributed by atoms with Crippen LogP contribution in [0.25, 0.3) is 11.1 Å². The summed E-state index contributed by atoms with van der Waals surface area (Å²) >= 11 is 11.5. The number of aromatic nitrogens is 1. The van der Waals surface area contributed by atoms with Gasteiger partial charge in [-0.1, -0.05) is 102 Å². The van der Waals surface area contributed by atoms with E-state index in [2.05, 4.69) is 25.8 Å². The molecule has 0 spiro atoms. The summed E-state index contributed by atoms with van der Waals surface area (Å²) in [5.74, 6) is -5.11. The first-order valence-corrected chi connectivity index (χ1v) is 48.2. The maximum atomic E-state index is 13.3. The van der Waals surface area contributed by atoms with Crippen molar-refractivity contribution < 1.29 is 96.4 Å². The van der Waals surface area contributed by atoms with Gasteiger partial charge in [0.15, 0.2) is 0 Å². The van der Waals surface area contributed by atoms with E-state index in [1.165, 1.54) is 41.3 Å². The second-order valence-electron chi connectivity index (χ2n) is 35.9. The lowest BCUT2D eigenvalue weighted by Gasteiger charge is -2.33. The van der Waals surface area contributed by atoms with Gasteiger partial charge in [0.1, 0.15) is 53.0 Å². The minimum atomic E-state index is -4.33. The molecule has 31 heteroatoms. The first kappa shape index (κ1) is 110. The van der Waals surface area contributed by atoms with Gasteiger partial charge in [-0.3, -0.25) is 33.6 Å². The van der Waals surface area contributed by atoms with Crippen LogP contribution >= 0.6 is 23.2 Å². The number of nitrogens with zero attached hydrogens (tertiary/aromatic N) is 8. The molecule has 18 nitrogen and oxygen atoms in total. The van der Waals surface area contributed by atoms with E-state index in [-0.39, 0.29) is 97.9 Å². The van der Waals surface area contributed by atoms with Crippen molar-refractivity contribution in [1.29, 1.82) is 0 Å². The van der Waals surface area contributed by atoms with E-state index in [1.807, 2.05) is 79.3 Å². The Labute approximate surface area is 778 Å². The van der Waals surface area contributed by atoms with Crippen LogP contribution in [0.1, 0.15) is 264 Å².